The van der Waals surface area contributed by atoms with E-state index in [0.717, 1.165) is 33.1 Å². The molecule has 2 aromatic heterocycles. The number of aromatic nitrogens is 3. The fourth-order valence-electron chi connectivity index (χ4n) is 1.87. The van der Waals surface area contributed by atoms with Gasteiger partial charge in [-0.1, -0.05) is 17.8 Å². The molecule has 0 amide bonds. The van der Waals surface area contributed by atoms with Gasteiger partial charge in [0, 0.05) is 35.4 Å². The highest BCUT2D eigenvalue weighted by Crippen LogP contribution is 2.27. The van der Waals surface area contributed by atoms with Gasteiger partial charge in [-0.25, -0.2) is 9.97 Å². The van der Waals surface area contributed by atoms with E-state index in [1.807, 2.05) is 30.3 Å². The maximum atomic E-state index is 5.96. The lowest BCUT2D eigenvalue weighted by Gasteiger charge is -2.07. The molecule has 94 valence electrons. The second kappa shape index (κ2) is 5.24. The van der Waals surface area contributed by atoms with Crippen LogP contribution in [0.5, 0.6) is 0 Å². The molecule has 0 unspecified atom stereocenters. The van der Waals surface area contributed by atoms with Crippen molar-refractivity contribution in [2.75, 3.05) is 5.73 Å². The molecule has 0 bridgehead atoms. The largest absolute Gasteiger partial charge is 0.398 e. The Balaban J connectivity index is 1.91. The van der Waals surface area contributed by atoms with Gasteiger partial charge in [0.25, 0.3) is 0 Å². The van der Waals surface area contributed by atoms with Gasteiger partial charge < -0.3 is 5.73 Å². The first-order valence-electron chi connectivity index (χ1n) is 5.86. The van der Waals surface area contributed by atoms with Crippen molar-refractivity contribution < 1.29 is 0 Å². The number of nitrogens with zero attached hydrogens (tertiary/aromatic N) is 3. The van der Waals surface area contributed by atoms with Crippen molar-refractivity contribution in [3.8, 4) is 0 Å². The van der Waals surface area contributed by atoms with Crippen molar-refractivity contribution in [3.63, 3.8) is 0 Å². The number of pyridine rings is 1. The minimum atomic E-state index is 0.757. The van der Waals surface area contributed by atoms with Crippen molar-refractivity contribution in [3.05, 3.63) is 54.5 Å². The number of nitrogen functional groups attached to an aromatic ring is 1. The zero-order valence-corrected chi connectivity index (χ0v) is 11.0. The predicted molar refractivity (Wildman–Crippen MR) is 77.7 cm³/mol. The van der Waals surface area contributed by atoms with Gasteiger partial charge in [0.2, 0.25) is 0 Å². The van der Waals surface area contributed by atoms with Gasteiger partial charge >= 0.3 is 0 Å². The highest BCUT2D eigenvalue weighted by Gasteiger charge is 2.06. The molecule has 0 aliphatic heterocycles. The minimum absolute atomic E-state index is 0.757. The van der Waals surface area contributed by atoms with Crippen molar-refractivity contribution in [1.82, 2.24) is 15.0 Å². The average molecular weight is 268 g/mol. The summed E-state index contributed by atoms with van der Waals surface area (Å²) in [5.41, 5.74) is 8.81. The van der Waals surface area contributed by atoms with Gasteiger partial charge in [0.05, 0.1) is 5.52 Å². The summed E-state index contributed by atoms with van der Waals surface area (Å²) < 4.78 is 0. The smallest absolute Gasteiger partial charge is 0.187 e. The lowest BCUT2D eigenvalue weighted by Crippen LogP contribution is -1.93. The van der Waals surface area contributed by atoms with E-state index < -0.39 is 0 Å². The standard InChI is InChI=1S/C14H12N4S/c15-12-5-4-10(13-11(12)3-1-6-16-13)9-19-14-17-7-2-8-18-14/h1-8H,9,15H2. The molecule has 1 aromatic carbocycles. The molecule has 0 saturated heterocycles. The molecule has 2 heterocycles. The first-order valence-corrected chi connectivity index (χ1v) is 6.85. The molecular formula is C14H12N4S. The summed E-state index contributed by atoms with van der Waals surface area (Å²) in [6.45, 7) is 0. The Morgan fingerprint density at radius 3 is 2.58 bits per heavy atom. The topological polar surface area (TPSA) is 64.7 Å². The van der Waals surface area contributed by atoms with Crippen molar-refractivity contribution in [1.29, 1.82) is 0 Å². The predicted octanol–water partition coefficient (Wildman–Crippen LogP) is 2.90. The summed E-state index contributed by atoms with van der Waals surface area (Å²) in [5.74, 6) is 0.776. The first-order chi connectivity index (χ1) is 9.34. The molecular weight excluding hydrogens is 256 g/mol. The number of benzene rings is 1. The summed E-state index contributed by atoms with van der Waals surface area (Å²) in [6.07, 6.45) is 5.28. The van der Waals surface area contributed by atoms with Crippen LogP contribution in [-0.2, 0) is 5.75 Å². The van der Waals surface area contributed by atoms with Crippen LogP contribution >= 0.6 is 11.8 Å². The van der Waals surface area contributed by atoms with Crippen LogP contribution in [-0.4, -0.2) is 15.0 Å². The molecule has 0 fully saturated rings. The summed E-state index contributed by atoms with van der Waals surface area (Å²) in [7, 11) is 0. The van der Waals surface area contributed by atoms with Gasteiger partial charge in [0.15, 0.2) is 5.16 Å². The van der Waals surface area contributed by atoms with E-state index in [1.54, 1.807) is 30.4 Å². The summed E-state index contributed by atoms with van der Waals surface area (Å²) in [6, 6.07) is 9.64. The van der Waals surface area contributed by atoms with Crippen LogP contribution in [0.15, 0.2) is 54.1 Å². The van der Waals surface area contributed by atoms with E-state index in [2.05, 4.69) is 15.0 Å². The quantitative estimate of drug-likeness (QED) is 0.449. The highest BCUT2D eigenvalue weighted by molar-refractivity contribution is 7.98. The fourth-order valence-corrected chi connectivity index (χ4v) is 2.66. The maximum Gasteiger partial charge on any atom is 0.187 e. The summed E-state index contributed by atoms with van der Waals surface area (Å²) in [5, 5.41) is 1.76. The Kier molecular flexibility index (Phi) is 3.29. The molecule has 3 aromatic rings. The fraction of sp³-hybridized carbons (Fsp3) is 0.0714. The zero-order valence-electron chi connectivity index (χ0n) is 10.2. The van der Waals surface area contributed by atoms with Gasteiger partial charge in [-0.2, -0.15) is 0 Å². The van der Waals surface area contributed by atoms with Crippen LogP contribution in [0.3, 0.4) is 0 Å². The van der Waals surface area contributed by atoms with E-state index in [1.165, 1.54) is 0 Å². The molecule has 0 saturated carbocycles. The Labute approximate surface area is 115 Å². The monoisotopic (exact) mass is 268 g/mol. The molecule has 0 aliphatic carbocycles. The van der Waals surface area contributed by atoms with Crippen molar-refractivity contribution in [2.24, 2.45) is 0 Å². The number of nitrogens with two attached hydrogens (primary N) is 1. The first kappa shape index (κ1) is 11.9. The number of thioether (sulfide) groups is 1. The Morgan fingerprint density at radius 1 is 0.947 bits per heavy atom. The SMILES string of the molecule is Nc1ccc(CSc2ncccn2)c2ncccc12. The van der Waals surface area contributed by atoms with E-state index in [9.17, 15) is 0 Å². The van der Waals surface area contributed by atoms with E-state index >= 15 is 0 Å². The molecule has 0 aliphatic rings. The molecule has 4 nitrogen and oxygen atoms in total. The Hall–Kier alpha value is -2.14. The van der Waals surface area contributed by atoms with Crippen LogP contribution < -0.4 is 5.73 Å². The number of fused-ring (bicyclic) bond motifs is 1. The summed E-state index contributed by atoms with van der Waals surface area (Å²) >= 11 is 1.59. The number of anilines is 1. The van der Waals surface area contributed by atoms with E-state index in [0.29, 0.717) is 0 Å². The Morgan fingerprint density at radius 2 is 1.74 bits per heavy atom. The second-order valence-electron chi connectivity index (χ2n) is 4.03. The lowest BCUT2D eigenvalue weighted by atomic mass is 10.1. The van der Waals surface area contributed by atoms with Crippen LogP contribution in [0.1, 0.15) is 5.56 Å². The summed E-state index contributed by atoms with van der Waals surface area (Å²) in [4.78, 5) is 12.8. The molecule has 0 radical (unpaired) electrons. The van der Waals surface area contributed by atoms with Gasteiger partial charge in [-0.05, 0) is 29.8 Å². The minimum Gasteiger partial charge on any atom is -0.398 e. The molecule has 2 N–H and O–H groups in total. The second-order valence-corrected chi connectivity index (χ2v) is 4.98. The lowest BCUT2D eigenvalue weighted by molar-refractivity contribution is 0.966. The third-order valence-electron chi connectivity index (χ3n) is 2.79. The van der Waals surface area contributed by atoms with Crippen LogP contribution in [0.25, 0.3) is 10.9 Å². The number of hydrogen-bond donors (Lipinski definition) is 1. The third-order valence-corrected chi connectivity index (χ3v) is 3.71. The molecule has 0 spiro atoms. The van der Waals surface area contributed by atoms with Gasteiger partial charge in [-0.15, -0.1) is 0 Å². The Bertz CT molecular complexity index is 700. The maximum absolute atomic E-state index is 5.96. The molecule has 19 heavy (non-hydrogen) atoms. The van der Waals surface area contributed by atoms with Crippen molar-refractivity contribution >= 4 is 28.4 Å². The van der Waals surface area contributed by atoms with Crippen LogP contribution in [0, 0.1) is 0 Å². The normalized spacial score (nSPS) is 10.7. The van der Waals surface area contributed by atoms with Crippen LogP contribution in [0.4, 0.5) is 5.69 Å². The average Bonchev–Trinajstić information content (AvgIpc) is 2.48. The molecule has 5 heteroatoms. The van der Waals surface area contributed by atoms with Crippen molar-refractivity contribution in [2.45, 2.75) is 10.9 Å². The van der Waals surface area contributed by atoms with E-state index in [-0.39, 0.29) is 0 Å². The third kappa shape index (κ3) is 2.51. The zero-order chi connectivity index (χ0) is 13.1. The number of rotatable bonds is 3. The molecule has 3 rings (SSSR count). The van der Waals surface area contributed by atoms with Crippen LogP contribution in [0.2, 0.25) is 0 Å². The van der Waals surface area contributed by atoms with E-state index in [4.69, 9.17) is 5.73 Å². The van der Waals surface area contributed by atoms with Gasteiger partial charge in [0.1, 0.15) is 0 Å². The van der Waals surface area contributed by atoms with Gasteiger partial charge in [-0.3, -0.25) is 4.98 Å². The number of hydrogen-bond acceptors (Lipinski definition) is 5. The highest BCUT2D eigenvalue weighted by atomic mass is 32.2. The molecule has 0 atom stereocenters.